The van der Waals surface area contributed by atoms with Crippen LogP contribution in [0, 0.1) is 5.92 Å². The lowest BCUT2D eigenvalue weighted by Crippen LogP contribution is -2.57. The van der Waals surface area contributed by atoms with E-state index >= 15 is 0 Å². The molecule has 1 aromatic rings. The Balaban J connectivity index is 1.96. The molecule has 1 atom stereocenters. The van der Waals surface area contributed by atoms with E-state index in [1.54, 1.807) is 0 Å². The molecule has 0 saturated carbocycles. The highest BCUT2D eigenvalue weighted by molar-refractivity contribution is 5.07. The van der Waals surface area contributed by atoms with Crippen molar-refractivity contribution in [3.8, 4) is 0 Å². The summed E-state index contributed by atoms with van der Waals surface area (Å²) in [6.45, 7) is 6.74. The Hall–Kier alpha value is -0.800. The number of aromatic nitrogens is 1. The van der Waals surface area contributed by atoms with Crippen molar-refractivity contribution in [1.82, 2.24) is 9.88 Å². The van der Waals surface area contributed by atoms with Crippen molar-refractivity contribution in [1.29, 1.82) is 0 Å². The lowest BCUT2D eigenvalue weighted by Gasteiger charge is -2.42. The minimum Gasteiger partial charge on any atom is -0.365 e. The van der Waals surface area contributed by atoms with Gasteiger partial charge in [0.2, 0.25) is 0 Å². The van der Waals surface area contributed by atoms with E-state index in [0.717, 1.165) is 25.4 Å². The molecule has 1 unspecified atom stereocenters. The number of nitrogens with one attached hydrogen (secondary N) is 1. The molecule has 1 fully saturated rings. The molecule has 3 heteroatoms. The number of aromatic amines is 1. The minimum atomic E-state index is -0.217. The van der Waals surface area contributed by atoms with Gasteiger partial charge in [-0.05, 0) is 37.8 Å². The second-order valence-electron chi connectivity index (χ2n) is 5.40. The van der Waals surface area contributed by atoms with Crippen molar-refractivity contribution in [2.45, 2.75) is 38.8 Å². The van der Waals surface area contributed by atoms with Crippen molar-refractivity contribution >= 4 is 0 Å². The van der Waals surface area contributed by atoms with Gasteiger partial charge in [0.15, 0.2) is 0 Å². The van der Waals surface area contributed by atoms with Gasteiger partial charge in [0.25, 0.3) is 0 Å². The Bertz CT molecular complexity index is 308. The molecular weight excluding hydrogens is 198 g/mol. The number of nitrogens with zero attached hydrogens (tertiary/aromatic N) is 1. The van der Waals surface area contributed by atoms with E-state index in [4.69, 9.17) is 5.73 Å². The fourth-order valence-electron chi connectivity index (χ4n) is 2.49. The molecule has 2 heterocycles. The van der Waals surface area contributed by atoms with Crippen LogP contribution in [0.15, 0.2) is 18.3 Å². The summed E-state index contributed by atoms with van der Waals surface area (Å²) in [7, 11) is 0. The predicted octanol–water partition coefficient (Wildman–Crippen LogP) is 1.96. The topological polar surface area (TPSA) is 45.0 Å². The molecule has 1 saturated heterocycles. The first-order chi connectivity index (χ1) is 7.58. The average Bonchev–Trinajstić information content (AvgIpc) is 2.70. The van der Waals surface area contributed by atoms with Gasteiger partial charge in [-0.2, -0.15) is 0 Å². The molecule has 1 aromatic heterocycles. The number of nitrogens with two attached hydrogens (primary N) is 1. The fourth-order valence-corrected chi connectivity index (χ4v) is 2.49. The SMILES string of the molecule is CC1CCN(C(C)(N)Cc2ccc[nH]2)CC1. The molecule has 0 radical (unpaired) electrons. The molecular formula is C13H23N3. The van der Waals surface area contributed by atoms with E-state index < -0.39 is 0 Å². The lowest BCUT2D eigenvalue weighted by molar-refractivity contribution is 0.0689. The molecule has 3 N–H and O–H groups in total. The van der Waals surface area contributed by atoms with Crippen LogP contribution in [-0.2, 0) is 6.42 Å². The number of likely N-dealkylation sites (tertiary alicyclic amines) is 1. The first-order valence-electron chi connectivity index (χ1n) is 6.24. The third-order valence-corrected chi connectivity index (χ3v) is 3.72. The summed E-state index contributed by atoms with van der Waals surface area (Å²) < 4.78 is 0. The third-order valence-electron chi connectivity index (χ3n) is 3.72. The van der Waals surface area contributed by atoms with Crippen molar-refractivity contribution in [3.05, 3.63) is 24.0 Å². The van der Waals surface area contributed by atoms with Crippen LogP contribution in [-0.4, -0.2) is 28.6 Å². The second-order valence-corrected chi connectivity index (χ2v) is 5.40. The molecule has 0 spiro atoms. The molecule has 2 rings (SSSR count). The number of hydrogen-bond acceptors (Lipinski definition) is 2. The molecule has 1 aliphatic heterocycles. The summed E-state index contributed by atoms with van der Waals surface area (Å²) in [6, 6.07) is 4.14. The van der Waals surface area contributed by atoms with Crippen LogP contribution in [0.4, 0.5) is 0 Å². The number of piperidine rings is 1. The summed E-state index contributed by atoms with van der Waals surface area (Å²) in [5.74, 6) is 0.859. The molecule has 0 aromatic carbocycles. The Kier molecular flexibility index (Phi) is 3.36. The average molecular weight is 221 g/mol. The molecule has 90 valence electrons. The maximum Gasteiger partial charge on any atom is 0.0713 e. The zero-order valence-corrected chi connectivity index (χ0v) is 10.4. The number of hydrogen-bond donors (Lipinski definition) is 2. The van der Waals surface area contributed by atoms with Crippen LogP contribution < -0.4 is 5.73 Å². The zero-order valence-electron chi connectivity index (χ0n) is 10.4. The van der Waals surface area contributed by atoms with Crippen LogP contribution in [0.3, 0.4) is 0 Å². The highest BCUT2D eigenvalue weighted by Crippen LogP contribution is 2.23. The van der Waals surface area contributed by atoms with Crippen molar-refractivity contribution in [3.63, 3.8) is 0 Å². The maximum atomic E-state index is 6.43. The molecule has 0 bridgehead atoms. The summed E-state index contributed by atoms with van der Waals surface area (Å²) in [6.07, 6.45) is 5.41. The van der Waals surface area contributed by atoms with Crippen LogP contribution in [0.5, 0.6) is 0 Å². The third kappa shape index (κ3) is 2.66. The van der Waals surface area contributed by atoms with Crippen LogP contribution in [0.2, 0.25) is 0 Å². The zero-order chi connectivity index (χ0) is 11.6. The molecule has 3 nitrogen and oxygen atoms in total. The van der Waals surface area contributed by atoms with E-state index in [-0.39, 0.29) is 5.66 Å². The van der Waals surface area contributed by atoms with Crippen molar-refractivity contribution < 1.29 is 0 Å². The van der Waals surface area contributed by atoms with Crippen molar-refractivity contribution in [2.24, 2.45) is 11.7 Å². The van der Waals surface area contributed by atoms with Crippen molar-refractivity contribution in [2.75, 3.05) is 13.1 Å². The quantitative estimate of drug-likeness (QED) is 0.819. The Labute approximate surface area is 98.0 Å². The molecule has 1 aliphatic rings. The van der Waals surface area contributed by atoms with E-state index in [2.05, 4.69) is 29.8 Å². The van der Waals surface area contributed by atoms with Gasteiger partial charge in [-0.1, -0.05) is 6.92 Å². The van der Waals surface area contributed by atoms with Gasteiger partial charge >= 0.3 is 0 Å². The van der Waals surface area contributed by atoms with E-state index in [9.17, 15) is 0 Å². The highest BCUT2D eigenvalue weighted by Gasteiger charge is 2.30. The second kappa shape index (κ2) is 4.60. The smallest absolute Gasteiger partial charge is 0.0713 e. The number of H-pyrrole nitrogens is 1. The van der Waals surface area contributed by atoms with Crippen LogP contribution >= 0.6 is 0 Å². The monoisotopic (exact) mass is 221 g/mol. The van der Waals surface area contributed by atoms with E-state index in [1.165, 1.54) is 18.5 Å². The Morgan fingerprint density at radius 3 is 2.75 bits per heavy atom. The summed E-state index contributed by atoms with van der Waals surface area (Å²) in [4.78, 5) is 5.66. The van der Waals surface area contributed by atoms with Crippen LogP contribution in [0.25, 0.3) is 0 Å². The Morgan fingerprint density at radius 2 is 2.19 bits per heavy atom. The maximum absolute atomic E-state index is 6.43. The fraction of sp³-hybridized carbons (Fsp3) is 0.692. The highest BCUT2D eigenvalue weighted by atomic mass is 15.3. The van der Waals surface area contributed by atoms with Crippen LogP contribution in [0.1, 0.15) is 32.4 Å². The standard InChI is InChI=1S/C13H23N3/c1-11-5-8-16(9-6-11)13(2,14)10-12-4-3-7-15-12/h3-4,7,11,15H,5-6,8-10,14H2,1-2H3. The minimum absolute atomic E-state index is 0.217. The summed E-state index contributed by atoms with van der Waals surface area (Å²) >= 11 is 0. The Morgan fingerprint density at radius 1 is 1.50 bits per heavy atom. The summed E-state index contributed by atoms with van der Waals surface area (Å²) in [5, 5.41) is 0. The first kappa shape index (κ1) is 11.7. The first-order valence-corrected chi connectivity index (χ1v) is 6.24. The van der Waals surface area contributed by atoms with Gasteiger partial charge in [0, 0.05) is 31.4 Å². The normalized spacial score (nSPS) is 23.2. The summed E-state index contributed by atoms with van der Waals surface area (Å²) in [5.41, 5.74) is 7.44. The number of rotatable bonds is 3. The molecule has 0 aliphatic carbocycles. The van der Waals surface area contributed by atoms with Gasteiger partial charge in [0.05, 0.1) is 5.66 Å². The largest absolute Gasteiger partial charge is 0.365 e. The van der Waals surface area contributed by atoms with Gasteiger partial charge in [-0.15, -0.1) is 0 Å². The van der Waals surface area contributed by atoms with E-state index in [0.29, 0.717) is 0 Å². The lowest BCUT2D eigenvalue weighted by atomic mass is 9.95. The molecule has 0 amide bonds. The van der Waals surface area contributed by atoms with Gasteiger partial charge in [0.1, 0.15) is 0 Å². The predicted molar refractivity (Wildman–Crippen MR) is 67.1 cm³/mol. The van der Waals surface area contributed by atoms with Gasteiger partial charge in [-0.3, -0.25) is 4.90 Å². The molecule has 16 heavy (non-hydrogen) atoms. The van der Waals surface area contributed by atoms with Gasteiger partial charge < -0.3 is 10.7 Å². The van der Waals surface area contributed by atoms with E-state index in [1.807, 2.05) is 12.3 Å². The van der Waals surface area contributed by atoms with Gasteiger partial charge in [-0.25, -0.2) is 0 Å².